The van der Waals surface area contributed by atoms with E-state index >= 15 is 0 Å². The molecule has 1 aliphatic heterocycles. The number of nitrogens with zero attached hydrogens (tertiary/aromatic N) is 2. The lowest BCUT2D eigenvalue weighted by molar-refractivity contribution is -0.148. The smallest absolute Gasteiger partial charge is 0.356 e. The number of carbonyl (C=O) groups excluding carboxylic acids is 2. The maximum Gasteiger partial charge on any atom is 0.390 e. The summed E-state index contributed by atoms with van der Waals surface area (Å²) in [7, 11) is 0. The number of carbonyl (C=O) groups is 2. The summed E-state index contributed by atoms with van der Waals surface area (Å²) in [5, 5.41) is 7.85. The van der Waals surface area contributed by atoms with Crippen molar-refractivity contribution >= 4 is 23.3 Å². The number of alkyl halides is 3. The molecule has 2 aromatic carbocycles. The Bertz CT molecular complexity index is 1290. The van der Waals surface area contributed by atoms with Gasteiger partial charge in [-0.2, -0.15) is 13.2 Å². The lowest BCUT2D eigenvalue weighted by atomic mass is 9.94. The maximum atomic E-state index is 14.3. The van der Waals surface area contributed by atoms with E-state index in [1.807, 2.05) is 0 Å². The van der Waals surface area contributed by atoms with Crippen LogP contribution in [0.5, 0.6) is 0 Å². The van der Waals surface area contributed by atoms with Crippen molar-refractivity contribution in [2.45, 2.75) is 32.0 Å². The standard InChI is InChI=1S/C24H20F5N5O2/c1-2-30-22(35)14(10-24(27,28)29)12-6-8-13(9-7-12)32-21-19-17(11-31-23(19)36)33-20(34-21)18-15(25)4-3-5-16(18)26/h3-9,14H,2,10-11H2,1H3,(H,30,35)(H,31,36)(H,32,33,34). The van der Waals surface area contributed by atoms with Crippen molar-refractivity contribution in [2.75, 3.05) is 11.9 Å². The van der Waals surface area contributed by atoms with Gasteiger partial charge in [0, 0.05) is 12.2 Å². The van der Waals surface area contributed by atoms with E-state index in [0.717, 1.165) is 12.1 Å². The molecule has 0 fully saturated rings. The number of aromatic nitrogens is 2. The second-order valence-electron chi connectivity index (χ2n) is 8.01. The number of benzene rings is 2. The Balaban J connectivity index is 1.68. The van der Waals surface area contributed by atoms with Crippen LogP contribution in [0.3, 0.4) is 0 Å². The summed E-state index contributed by atoms with van der Waals surface area (Å²) in [5.74, 6) is -4.77. The Morgan fingerprint density at radius 2 is 1.72 bits per heavy atom. The summed E-state index contributed by atoms with van der Waals surface area (Å²) in [5.41, 5.74) is 0.310. The van der Waals surface area contributed by atoms with E-state index in [9.17, 15) is 31.5 Å². The first-order chi connectivity index (χ1) is 17.1. The van der Waals surface area contributed by atoms with E-state index < -0.39 is 47.5 Å². The summed E-state index contributed by atoms with van der Waals surface area (Å²) < 4.78 is 67.9. The molecule has 4 rings (SSSR count). The zero-order valence-electron chi connectivity index (χ0n) is 18.8. The van der Waals surface area contributed by atoms with Crippen LogP contribution in [0, 0.1) is 11.6 Å². The van der Waals surface area contributed by atoms with Gasteiger partial charge in [0.2, 0.25) is 5.91 Å². The fraction of sp³-hybridized carbons (Fsp3) is 0.250. The molecule has 7 nitrogen and oxygen atoms in total. The van der Waals surface area contributed by atoms with Crippen LogP contribution < -0.4 is 16.0 Å². The highest BCUT2D eigenvalue weighted by atomic mass is 19.4. The first-order valence-corrected chi connectivity index (χ1v) is 10.9. The normalized spacial score (nSPS) is 13.7. The third-order valence-electron chi connectivity index (χ3n) is 5.49. The van der Waals surface area contributed by atoms with E-state index in [4.69, 9.17) is 0 Å². The molecule has 0 radical (unpaired) electrons. The molecule has 0 saturated carbocycles. The SMILES string of the molecule is CCNC(=O)C(CC(F)(F)F)c1ccc(Nc2nc(-c3c(F)cccc3F)nc3c2C(=O)NC3)cc1. The van der Waals surface area contributed by atoms with Crippen molar-refractivity contribution in [3.8, 4) is 11.4 Å². The number of amides is 2. The molecule has 1 aliphatic rings. The predicted octanol–water partition coefficient (Wildman–Crippen LogP) is 4.58. The van der Waals surface area contributed by atoms with Gasteiger partial charge in [0.05, 0.1) is 30.1 Å². The molecule has 2 heterocycles. The van der Waals surface area contributed by atoms with Crippen molar-refractivity contribution in [1.82, 2.24) is 20.6 Å². The predicted molar refractivity (Wildman–Crippen MR) is 120 cm³/mol. The van der Waals surface area contributed by atoms with Crippen LogP contribution in [0.1, 0.15) is 40.9 Å². The van der Waals surface area contributed by atoms with E-state index in [1.54, 1.807) is 6.92 Å². The van der Waals surface area contributed by atoms with Crippen molar-refractivity contribution in [1.29, 1.82) is 0 Å². The zero-order valence-corrected chi connectivity index (χ0v) is 18.8. The van der Waals surface area contributed by atoms with Gasteiger partial charge in [0.1, 0.15) is 23.0 Å². The van der Waals surface area contributed by atoms with E-state index in [-0.39, 0.29) is 41.6 Å². The summed E-state index contributed by atoms with van der Waals surface area (Å²) in [6.07, 6.45) is -5.89. The van der Waals surface area contributed by atoms with E-state index in [2.05, 4.69) is 25.9 Å². The third kappa shape index (κ3) is 5.26. The van der Waals surface area contributed by atoms with Gasteiger partial charge in [-0.1, -0.05) is 18.2 Å². The summed E-state index contributed by atoms with van der Waals surface area (Å²) in [4.78, 5) is 32.9. The number of halogens is 5. The molecule has 1 atom stereocenters. The quantitative estimate of drug-likeness (QED) is 0.409. The van der Waals surface area contributed by atoms with Crippen molar-refractivity contribution in [2.24, 2.45) is 0 Å². The molecule has 2 amide bonds. The van der Waals surface area contributed by atoms with Gasteiger partial charge < -0.3 is 16.0 Å². The molecule has 3 aromatic rings. The molecule has 12 heteroatoms. The van der Waals surface area contributed by atoms with Crippen LogP contribution in [-0.2, 0) is 11.3 Å². The van der Waals surface area contributed by atoms with Crippen LogP contribution in [0.25, 0.3) is 11.4 Å². The first kappa shape index (κ1) is 25.0. The van der Waals surface area contributed by atoms with Crippen LogP contribution in [0.15, 0.2) is 42.5 Å². The maximum absolute atomic E-state index is 14.3. The minimum atomic E-state index is -4.56. The van der Waals surface area contributed by atoms with Crippen LogP contribution >= 0.6 is 0 Å². The first-order valence-electron chi connectivity index (χ1n) is 10.9. The zero-order chi connectivity index (χ0) is 26.0. The molecule has 0 saturated heterocycles. The molecular weight excluding hydrogens is 485 g/mol. The van der Waals surface area contributed by atoms with Gasteiger partial charge in [-0.05, 0) is 36.8 Å². The molecule has 0 spiro atoms. The average molecular weight is 505 g/mol. The fourth-order valence-corrected chi connectivity index (χ4v) is 3.87. The molecule has 0 bridgehead atoms. The van der Waals surface area contributed by atoms with Gasteiger partial charge in [0.25, 0.3) is 5.91 Å². The number of rotatable bonds is 7. The lowest BCUT2D eigenvalue weighted by Crippen LogP contribution is -2.32. The van der Waals surface area contributed by atoms with Crippen molar-refractivity contribution in [3.63, 3.8) is 0 Å². The summed E-state index contributed by atoms with van der Waals surface area (Å²) >= 11 is 0. The molecule has 1 aromatic heterocycles. The topological polar surface area (TPSA) is 96.0 Å². The Hall–Kier alpha value is -4.09. The molecule has 0 aliphatic carbocycles. The highest BCUT2D eigenvalue weighted by Gasteiger charge is 2.36. The Kier molecular flexibility index (Phi) is 6.86. The number of fused-ring (bicyclic) bond motifs is 1. The van der Waals surface area contributed by atoms with Gasteiger partial charge in [-0.15, -0.1) is 0 Å². The minimum absolute atomic E-state index is 0.0268. The van der Waals surface area contributed by atoms with E-state index in [1.165, 1.54) is 30.3 Å². The largest absolute Gasteiger partial charge is 0.390 e. The molecule has 36 heavy (non-hydrogen) atoms. The highest BCUT2D eigenvalue weighted by Crippen LogP contribution is 2.33. The highest BCUT2D eigenvalue weighted by molar-refractivity contribution is 6.03. The molecule has 3 N–H and O–H groups in total. The minimum Gasteiger partial charge on any atom is -0.356 e. The summed E-state index contributed by atoms with van der Waals surface area (Å²) in [6.45, 7) is 1.81. The average Bonchev–Trinajstić information content (AvgIpc) is 3.18. The van der Waals surface area contributed by atoms with Gasteiger partial charge >= 0.3 is 6.18 Å². The Morgan fingerprint density at radius 1 is 1.06 bits per heavy atom. The second-order valence-corrected chi connectivity index (χ2v) is 8.01. The van der Waals surface area contributed by atoms with Gasteiger partial charge in [-0.3, -0.25) is 9.59 Å². The van der Waals surface area contributed by atoms with E-state index in [0.29, 0.717) is 5.69 Å². The Labute approximate surface area is 202 Å². The molecule has 188 valence electrons. The molecular formula is C24H20F5N5O2. The number of anilines is 2. The van der Waals surface area contributed by atoms with Crippen molar-refractivity contribution < 1.29 is 31.5 Å². The van der Waals surface area contributed by atoms with Crippen LogP contribution in [0.2, 0.25) is 0 Å². The number of hydrogen-bond acceptors (Lipinski definition) is 5. The third-order valence-corrected chi connectivity index (χ3v) is 5.49. The van der Waals surface area contributed by atoms with Gasteiger partial charge in [-0.25, -0.2) is 18.7 Å². The van der Waals surface area contributed by atoms with Crippen molar-refractivity contribution in [3.05, 3.63) is 70.9 Å². The summed E-state index contributed by atoms with van der Waals surface area (Å²) in [6, 6.07) is 8.85. The van der Waals surface area contributed by atoms with Gasteiger partial charge in [0.15, 0.2) is 5.82 Å². The van der Waals surface area contributed by atoms with Crippen LogP contribution in [-0.4, -0.2) is 34.5 Å². The van der Waals surface area contributed by atoms with Crippen LogP contribution in [0.4, 0.5) is 33.5 Å². The number of likely N-dealkylation sites (N-methyl/N-ethyl adjacent to an activating group) is 1. The Morgan fingerprint density at radius 3 is 2.33 bits per heavy atom. The molecule has 1 unspecified atom stereocenters. The number of nitrogens with one attached hydrogen (secondary N) is 3. The fourth-order valence-electron chi connectivity index (χ4n) is 3.87. The number of hydrogen-bond donors (Lipinski definition) is 3. The monoisotopic (exact) mass is 505 g/mol. The second kappa shape index (κ2) is 9.88. The lowest BCUT2D eigenvalue weighted by Gasteiger charge is -2.19.